The van der Waals surface area contributed by atoms with Crippen LogP contribution in [0.15, 0.2) is 119 Å². The molecule has 1 radical (unpaired) electrons. The number of benzene rings is 1. The second-order valence-corrected chi connectivity index (χ2v) is 7.33. The van der Waals surface area contributed by atoms with Crippen molar-refractivity contribution in [2.45, 2.75) is 6.92 Å². The topological polar surface area (TPSA) is 41.5 Å². The number of allylic oxidation sites excluding steroid dienone is 9. The maximum absolute atomic E-state index is 13.2. The van der Waals surface area contributed by atoms with E-state index in [9.17, 15) is 9.18 Å². The number of aliphatic imine (C=N–C) groups is 1. The number of carbonyl (C=O) groups excluding carboxylic acids is 1. The average Bonchev–Trinajstić information content (AvgIpc) is 3.45. The molecule has 0 fully saturated rings. The van der Waals surface area contributed by atoms with Crippen LogP contribution in [0.1, 0.15) is 17.3 Å². The van der Waals surface area contributed by atoms with Crippen molar-refractivity contribution in [2.75, 3.05) is 0 Å². The number of carbonyl (C=O) groups is 1. The summed E-state index contributed by atoms with van der Waals surface area (Å²) in [5, 5.41) is 2.62. The van der Waals surface area contributed by atoms with E-state index in [1.165, 1.54) is 18.2 Å². The van der Waals surface area contributed by atoms with Crippen LogP contribution in [0.4, 0.5) is 4.39 Å². The monoisotopic (exact) mass is 519 g/mol. The molecule has 0 aliphatic heterocycles. The van der Waals surface area contributed by atoms with Crippen LogP contribution in [0.2, 0.25) is 0 Å². The third-order valence-corrected chi connectivity index (χ3v) is 4.68. The van der Waals surface area contributed by atoms with E-state index in [4.69, 9.17) is 0 Å². The third-order valence-electron chi connectivity index (χ3n) is 4.28. The summed E-state index contributed by atoms with van der Waals surface area (Å²) < 4.78 is 13.5. The SMILES string of the molecule is C[C-]1C=C(N=C([Se])NC(=O)c2cccc(F)c2)C=CC1=C1C=CC=C1.[Fe+2].c1cc[cH-]c1. The van der Waals surface area contributed by atoms with Gasteiger partial charge in [-0.25, -0.2) is 12.1 Å². The number of rotatable bonds is 2. The van der Waals surface area contributed by atoms with Crippen molar-refractivity contribution in [2.24, 2.45) is 4.99 Å². The van der Waals surface area contributed by atoms with Gasteiger partial charge in [-0.05, 0) is 0 Å². The number of halogens is 1. The van der Waals surface area contributed by atoms with E-state index in [1.807, 2.05) is 67.6 Å². The average molecular weight is 518 g/mol. The minimum absolute atomic E-state index is 0. The van der Waals surface area contributed by atoms with Crippen molar-refractivity contribution in [3.05, 3.63) is 131 Å². The van der Waals surface area contributed by atoms with E-state index < -0.39 is 11.7 Å². The van der Waals surface area contributed by atoms with Crippen LogP contribution in [0.25, 0.3) is 0 Å². The first-order chi connectivity index (χ1) is 14.5. The number of amides is 1. The maximum Gasteiger partial charge on any atom is 2.00 e. The summed E-state index contributed by atoms with van der Waals surface area (Å²) in [7, 11) is 0. The van der Waals surface area contributed by atoms with Gasteiger partial charge in [0.1, 0.15) is 0 Å². The Morgan fingerprint density at radius 2 is 1.81 bits per heavy atom. The van der Waals surface area contributed by atoms with Crippen molar-refractivity contribution in [1.29, 1.82) is 0 Å². The van der Waals surface area contributed by atoms with Crippen molar-refractivity contribution >= 4 is 26.7 Å². The number of hydrogen-bond donors (Lipinski definition) is 1. The van der Waals surface area contributed by atoms with Crippen molar-refractivity contribution in [3.8, 4) is 0 Å². The summed E-state index contributed by atoms with van der Waals surface area (Å²) in [6.45, 7) is 2.02. The number of nitrogens with zero attached hydrogens (tertiary/aromatic N) is 1. The number of nitrogens with one attached hydrogen (secondary N) is 1. The molecule has 4 rings (SSSR count). The first kappa shape index (κ1) is 24.5. The van der Waals surface area contributed by atoms with Gasteiger partial charge in [0.05, 0.1) is 0 Å². The fourth-order valence-electron chi connectivity index (χ4n) is 2.86. The molecule has 0 atom stereocenters. The minimum atomic E-state index is -0.454. The molecule has 1 amide bonds. The van der Waals surface area contributed by atoms with Crippen molar-refractivity contribution in [3.63, 3.8) is 0 Å². The molecule has 3 nitrogen and oxygen atoms in total. The van der Waals surface area contributed by atoms with E-state index in [-0.39, 0.29) is 22.6 Å². The van der Waals surface area contributed by atoms with E-state index in [0.29, 0.717) is 4.73 Å². The Kier molecular flexibility index (Phi) is 9.64. The smallest absolute Gasteiger partial charge is 0.214 e. The molecule has 6 heteroatoms. The van der Waals surface area contributed by atoms with Gasteiger partial charge in [0.15, 0.2) is 0 Å². The molecule has 0 unspecified atom stereocenters. The standard InChI is InChI=1S/C20H15FN2OSe.C5H5.Fe/c1-13-11-17(9-10-18(13)14-5-2-3-6-14)22-20(25)23-19(24)15-7-4-8-16(21)12-15;1-2-4-5-3-1;/h2-12H,1H3,(H,22,23,24);1-5H;/q2*-1;+2. The second-order valence-electron chi connectivity index (χ2n) is 6.52. The zero-order chi connectivity index (χ0) is 21.3. The molecule has 1 N–H and O–H groups in total. The van der Waals surface area contributed by atoms with Gasteiger partial charge in [-0.2, -0.15) is 18.2 Å². The van der Waals surface area contributed by atoms with Crippen molar-refractivity contribution < 1.29 is 26.3 Å². The molecule has 0 saturated heterocycles. The number of hydrogen-bond acceptors (Lipinski definition) is 2. The predicted octanol–water partition coefficient (Wildman–Crippen LogP) is 4.95. The molecule has 2 aromatic carbocycles. The summed E-state index contributed by atoms with van der Waals surface area (Å²) in [5.41, 5.74) is 3.27. The predicted molar refractivity (Wildman–Crippen MR) is 121 cm³/mol. The minimum Gasteiger partial charge on any atom is -0.214 e. The fraction of sp³-hybridized carbons (Fsp3) is 0.0400. The molecule has 157 valence electrons. The van der Waals surface area contributed by atoms with E-state index in [0.717, 1.165) is 22.8 Å². The summed E-state index contributed by atoms with van der Waals surface area (Å²) >= 11 is 2.73. The van der Waals surface area contributed by atoms with E-state index >= 15 is 0 Å². The molecule has 0 bridgehead atoms. The van der Waals surface area contributed by atoms with Gasteiger partial charge in [0, 0.05) is 0 Å². The molecule has 2 aliphatic carbocycles. The molecule has 2 aromatic rings. The van der Waals surface area contributed by atoms with Crippen LogP contribution in [-0.4, -0.2) is 26.7 Å². The van der Waals surface area contributed by atoms with Gasteiger partial charge in [-0.1, -0.05) is 0 Å². The van der Waals surface area contributed by atoms with Crippen LogP contribution < -0.4 is 5.32 Å². The molecule has 0 spiro atoms. The van der Waals surface area contributed by atoms with E-state index in [2.05, 4.69) is 38.5 Å². The fourth-order valence-corrected chi connectivity index (χ4v) is 3.28. The summed E-state index contributed by atoms with van der Waals surface area (Å²) in [5.74, 6) is 0.226. The first-order valence-corrected chi connectivity index (χ1v) is 10.2. The maximum atomic E-state index is 13.2. The van der Waals surface area contributed by atoms with Gasteiger partial charge in [0.2, 0.25) is 0 Å². The number of amidine groups is 1. The van der Waals surface area contributed by atoms with Gasteiger partial charge in [-0.3, -0.25) is 0 Å². The van der Waals surface area contributed by atoms with Gasteiger partial charge in [0.25, 0.3) is 0 Å². The van der Waals surface area contributed by atoms with E-state index in [1.54, 1.807) is 6.07 Å². The zero-order valence-corrected chi connectivity index (χ0v) is 19.6. The van der Waals surface area contributed by atoms with Gasteiger partial charge < -0.3 is 0 Å². The summed E-state index contributed by atoms with van der Waals surface area (Å²) in [4.78, 5) is 16.5. The van der Waals surface area contributed by atoms with Gasteiger partial charge in [-0.15, -0.1) is 0 Å². The van der Waals surface area contributed by atoms with Crippen molar-refractivity contribution in [1.82, 2.24) is 5.32 Å². The Morgan fingerprint density at radius 1 is 1.10 bits per heavy atom. The normalized spacial score (nSPS) is 14.6. The van der Waals surface area contributed by atoms with Crippen LogP contribution in [0.5, 0.6) is 0 Å². The molecular formula is C25H20FFeN2OSe. The summed E-state index contributed by atoms with van der Waals surface area (Å²) in [6.07, 6.45) is 14.0. The van der Waals surface area contributed by atoms with Crippen LogP contribution >= 0.6 is 0 Å². The molecule has 0 aromatic heterocycles. The first-order valence-electron chi connectivity index (χ1n) is 9.35. The molecule has 0 saturated carbocycles. The Balaban J connectivity index is 0.000000501. The summed E-state index contributed by atoms with van der Waals surface area (Å²) in [6, 6.07) is 15.5. The Labute approximate surface area is 200 Å². The van der Waals surface area contributed by atoms with Crippen LogP contribution in [0, 0.1) is 11.7 Å². The van der Waals surface area contributed by atoms with Gasteiger partial charge >= 0.3 is 171 Å². The quantitative estimate of drug-likeness (QED) is 0.260. The molecule has 0 heterocycles. The van der Waals surface area contributed by atoms with Crippen LogP contribution in [-0.2, 0) is 17.1 Å². The Hall–Kier alpha value is -2.75. The Morgan fingerprint density at radius 3 is 2.39 bits per heavy atom. The third kappa shape index (κ3) is 7.46. The largest absolute Gasteiger partial charge is 2.00 e. The zero-order valence-electron chi connectivity index (χ0n) is 16.7. The molecule has 31 heavy (non-hydrogen) atoms. The Bertz CT molecular complexity index is 1050. The second kappa shape index (κ2) is 12.2. The molecular weight excluding hydrogens is 498 g/mol. The molecule has 2 aliphatic rings. The van der Waals surface area contributed by atoms with Crippen LogP contribution in [0.3, 0.4) is 0 Å².